The number of nitrogens with zero attached hydrogens (tertiary/aromatic N) is 1. The highest BCUT2D eigenvalue weighted by molar-refractivity contribution is 7.89. The van der Waals surface area contributed by atoms with Crippen LogP contribution in [0.3, 0.4) is 0 Å². The molecule has 1 aromatic rings. The van der Waals surface area contributed by atoms with Gasteiger partial charge in [0.25, 0.3) is 0 Å². The van der Waals surface area contributed by atoms with Crippen LogP contribution in [0.5, 0.6) is 0 Å². The van der Waals surface area contributed by atoms with Gasteiger partial charge in [-0.05, 0) is 44.5 Å². The van der Waals surface area contributed by atoms with Crippen molar-refractivity contribution in [3.8, 4) is 0 Å². The average molecular weight is 288 g/mol. The van der Waals surface area contributed by atoms with Crippen LogP contribution in [0.25, 0.3) is 0 Å². The zero-order chi connectivity index (χ0) is 14.1. The number of unbranched alkanes of at least 4 members (excludes halogenated alkanes) is 1. The summed E-state index contributed by atoms with van der Waals surface area (Å²) < 4.78 is 30.5. The number of sulfonamides is 1. The predicted octanol–water partition coefficient (Wildman–Crippen LogP) is 1.82. The van der Waals surface area contributed by atoms with Gasteiger partial charge in [0, 0.05) is 7.05 Å². The zero-order valence-electron chi connectivity index (χ0n) is 11.8. The quantitative estimate of drug-likeness (QED) is 0.667. The first-order chi connectivity index (χ1) is 9.06. The molecule has 1 heterocycles. The molecule has 0 amide bonds. The number of nitrogens with one attached hydrogen (secondary N) is 1. The monoisotopic (exact) mass is 288 g/mol. The molecule has 1 rings (SSSR count). The van der Waals surface area contributed by atoms with Crippen LogP contribution < -0.4 is 5.32 Å². The van der Waals surface area contributed by atoms with Gasteiger partial charge in [-0.3, -0.25) is 0 Å². The minimum Gasteiger partial charge on any atom is -0.468 e. The van der Waals surface area contributed by atoms with Gasteiger partial charge in [-0.15, -0.1) is 0 Å². The van der Waals surface area contributed by atoms with Gasteiger partial charge in [-0.1, -0.05) is 6.92 Å². The van der Waals surface area contributed by atoms with E-state index in [2.05, 4.69) is 12.2 Å². The molecule has 1 N–H and O–H groups in total. The third-order valence-corrected chi connectivity index (χ3v) is 4.75. The third-order valence-electron chi connectivity index (χ3n) is 2.87. The number of hydrogen-bond acceptors (Lipinski definition) is 4. The summed E-state index contributed by atoms with van der Waals surface area (Å²) in [7, 11) is -1.59. The van der Waals surface area contributed by atoms with E-state index in [0.717, 1.165) is 25.9 Å². The first-order valence-electron chi connectivity index (χ1n) is 6.73. The van der Waals surface area contributed by atoms with Crippen molar-refractivity contribution in [3.05, 3.63) is 24.2 Å². The minimum absolute atomic E-state index is 0.192. The molecule has 19 heavy (non-hydrogen) atoms. The van der Waals surface area contributed by atoms with Crippen molar-refractivity contribution in [3.63, 3.8) is 0 Å². The highest BCUT2D eigenvalue weighted by Crippen LogP contribution is 2.09. The Morgan fingerprint density at radius 3 is 2.74 bits per heavy atom. The van der Waals surface area contributed by atoms with Crippen LogP contribution in [0.1, 0.15) is 31.9 Å². The molecule has 1 aromatic heterocycles. The maximum atomic E-state index is 12.0. The first-order valence-corrected chi connectivity index (χ1v) is 8.34. The fourth-order valence-electron chi connectivity index (χ4n) is 1.71. The third kappa shape index (κ3) is 6.22. The molecular weight excluding hydrogens is 264 g/mol. The summed E-state index contributed by atoms with van der Waals surface area (Å²) in [5.74, 6) is 0.855. The molecule has 5 nitrogen and oxygen atoms in total. The second-order valence-electron chi connectivity index (χ2n) is 4.61. The first kappa shape index (κ1) is 16.2. The minimum atomic E-state index is -3.18. The van der Waals surface area contributed by atoms with Crippen LogP contribution in [0, 0.1) is 0 Å². The summed E-state index contributed by atoms with van der Waals surface area (Å²) in [5, 5.41) is 3.26. The van der Waals surface area contributed by atoms with E-state index in [1.807, 2.05) is 0 Å². The Hall–Kier alpha value is -0.850. The molecule has 0 aliphatic carbocycles. The molecule has 0 bridgehead atoms. The zero-order valence-corrected chi connectivity index (χ0v) is 12.6. The van der Waals surface area contributed by atoms with Crippen molar-refractivity contribution in [1.82, 2.24) is 9.62 Å². The molecule has 0 saturated heterocycles. The van der Waals surface area contributed by atoms with Crippen molar-refractivity contribution in [2.45, 2.75) is 32.7 Å². The van der Waals surface area contributed by atoms with Crippen molar-refractivity contribution in [2.24, 2.45) is 0 Å². The molecule has 0 unspecified atom stereocenters. The topological polar surface area (TPSA) is 62.6 Å². The van der Waals surface area contributed by atoms with E-state index < -0.39 is 10.0 Å². The fraction of sp³-hybridized carbons (Fsp3) is 0.692. The summed E-state index contributed by atoms with van der Waals surface area (Å²) >= 11 is 0. The van der Waals surface area contributed by atoms with Crippen molar-refractivity contribution < 1.29 is 12.8 Å². The van der Waals surface area contributed by atoms with Crippen LogP contribution in [-0.2, 0) is 16.6 Å². The normalized spacial score (nSPS) is 12.2. The van der Waals surface area contributed by atoms with Crippen LogP contribution >= 0.6 is 0 Å². The van der Waals surface area contributed by atoms with E-state index in [-0.39, 0.29) is 5.75 Å². The molecule has 0 radical (unpaired) electrons. The highest BCUT2D eigenvalue weighted by atomic mass is 32.2. The summed E-state index contributed by atoms with van der Waals surface area (Å²) in [5.41, 5.74) is 0. The highest BCUT2D eigenvalue weighted by Gasteiger charge is 2.18. The lowest BCUT2D eigenvalue weighted by atomic mass is 10.3. The van der Waals surface area contributed by atoms with E-state index >= 15 is 0 Å². The average Bonchev–Trinajstić information content (AvgIpc) is 2.86. The molecule has 0 atom stereocenters. The molecule has 0 aliphatic heterocycles. The predicted molar refractivity (Wildman–Crippen MR) is 76.4 cm³/mol. The van der Waals surface area contributed by atoms with E-state index in [4.69, 9.17) is 4.42 Å². The summed E-state index contributed by atoms with van der Waals surface area (Å²) in [6.07, 6.45) is 4.22. The Labute approximate surface area is 116 Å². The lowest BCUT2D eigenvalue weighted by Crippen LogP contribution is -2.29. The molecular formula is C13H24N2O3S. The lowest BCUT2D eigenvalue weighted by Gasteiger charge is -2.15. The molecule has 0 saturated carbocycles. The summed E-state index contributed by atoms with van der Waals surface area (Å²) in [4.78, 5) is 0. The van der Waals surface area contributed by atoms with E-state index in [9.17, 15) is 8.42 Å². The second-order valence-corrected chi connectivity index (χ2v) is 6.80. The van der Waals surface area contributed by atoms with Gasteiger partial charge in [0.05, 0.1) is 18.6 Å². The fourth-order valence-corrected chi connectivity index (χ4v) is 2.92. The van der Waals surface area contributed by atoms with Crippen molar-refractivity contribution >= 4 is 10.0 Å². The van der Waals surface area contributed by atoms with Gasteiger partial charge in [0.2, 0.25) is 10.0 Å². The van der Waals surface area contributed by atoms with Crippen LogP contribution in [0.4, 0.5) is 0 Å². The maximum Gasteiger partial charge on any atom is 0.214 e. The molecule has 0 spiro atoms. The lowest BCUT2D eigenvalue weighted by molar-refractivity contribution is 0.405. The van der Waals surface area contributed by atoms with Crippen molar-refractivity contribution in [2.75, 3.05) is 25.9 Å². The Morgan fingerprint density at radius 2 is 2.11 bits per heavy atom. The standard InChI is InChI=1S/C13H24N2O3S/c1-3-8-14-9-4-5-11-19(16,17)15(2)12-13-7-6-10-18-13/h6-7,10,14H,3-5,8-9,11-12H2,1-2H3. The van der Waals surface area contributed by atoms with Crippen LogP contribution in [0.2, 0.25) is 0 Å². The molecule has 0 aromatic carbocycles. The van der Waals surface area contributed by atoms with E-state index in [1.54, 1.807) is 25.4 Å². The van der Waals surface area contributed by atoms with Crippen LogP contribution in [0.15, 0.2) is 22.8 Å². The molecule has 0 aliphatic rings. The van der Waals surface area contributed by atoms with Gasteiger partial charge >= 0.3 is 0 Å². The van der Waals surface area contributed by atoms with Crippen molar-refractivity contribution in [1.29, 1.82) is 0 Å². The largest absolute Gasteiger partial charge is 0.468 e. The smallest absolute Gasteiger partial charge is 0.214 e. The number of rotatable bonds is 10. The van der Waals surface area contributed by atoms with E-state index in [1.165, 1.54) is 4.31 Å². The second kappa shape index (κ2) is 8.35. The maximum absolute atomic E-state index is 12.0. The Kier molecular flexibility index (Phi) is 7.12. The Balaban J connectivity index is 2.26. The summed E-state index contributed by atoms with van der Waals surface area (Å²) in [6, 6.07) is 3.54. The summed E-state index contributed by atoms with van der Waals surface area (Å²) in [6.45, 7) is 4.28. The molecule has 110 valence electrons. The van der Waals surface area contributed by atoms with Gasteiger partial charge in [0.1, 0.15) is 5.76 Å². The molecule has 0 fully saturated rings. The number of hydrogen-bond donors (Lipinski definition) is 1. The van der Waals surface area contributed by atoms with Gasteiger partial charge in [-0.2, -0.15) is 4.31 Å². The SMILES string of the molecule is CCCNCCCCS(=O)(=O)N(C)Cc1ccco1. The van der Waals surface area contributed by atoms with Gasteiger partial charge in [-0.25, -0.2) is 8.42 Å². The van der Waals surface area contributed by atoms with Crippen LogP contribution in [-0.4, -0.2) is 38.6 Å². The van der Waals surface area contributed by atoms with Gasteiger partial charge in [0.15, 0.2) is 0 Å². The van der Waals surface area contributed by atoms with Gasteiger partial charge < -0.3 is 9.73 Å². The Bertz CT molecular complexity index is 429. The number of furan rings is 1. The molecule has 6 heteroatoms. The Morgan fingerprint density at radius 1 is 1.32 bits per heavy atom. The van der Waals surface area contributed by atoms with E-state index in [0.29, 0.717) is 18.7 Å².